The second kappa shape index (κ2) is 6.78. The molecule has 3 rings (SSSR count). The van der Waals surface area contributed by atoms with Crippen LogP contribution in [0.5, 0.6) is 0 Å². The summed E-state index contributed by atoms with van der Waals surface area (Å²) in [4.78, 5) is 7.01. The lowest BCUT2D eigenvalue weighted by molar-refractivity contribution is 0.240. The molecule has 3 nitrogen and oxygen atoms in total. The summed E-state index contributed by atoms with van der Waals surface area (Å²) in [5.74, 6) is 0.872. The first kappa shape index (κ1) is 14.8. The van der Waals surface area contributed by atoms with Crippen molar-refractivity contribution < 1.29 is 0 Å². The Balaban J connectivity index is 1.75. The van der Waals surface area contributed by atoms with Gasteiger partial charge in [0.1, 0.15) is 0 Å². The van der Waals surface area contributed by atoms with E-state index in [9.17, 15) is 0 Å². The predicted molar refractivity (Wildman–Crippen MR) is 88.8 cm³/mol. The summed E-state index contributed by atoms with van der Waals surface area (Å²) in [6, 6.07) is 3.56. The summed E-state index contributed by atoms with van der Waals surface area (Å²) in [7, 11) is 0. The van der Waals surface area contributed by atoms with Gasteiger partial charge in [-0.2, -0.15) is 0 Å². The number of aryl methyl sites for hydroxylation is 1. The normalized spacial score (nSPS) is 27.8. The number of hydrogen-bond acceptors (Lipinski definition) is 3. The molecular formula is C18H29N3. The number of piperazine rings is 1. The van der Waals surface area contributed by atoms with Crippen LogP contribution in [0.15, 0.2) is 18.5 Å². The molecular weight excluding hydrogens is 258 g/mol. The second-order valence-electron chi connectivity index (χ2n) is 6.85. The summed E-state index contributed by atoms with van der Waals surface area (Å²) in [6.07, 6.45) is 12.3. The summed E-state index contributed by atoms with van der Waals surface area (Å²) in [5.41, 5.74) is 2.57. The maximum absolute atomic E-state index is 4.40. The first-order chi connectivity index (χ1) is 10.3. The first-order valence-corrected chi connectivity index (χ1v) is 8.69. The Kier molecular flexibility index (Phi) is 4.79. The van der Waals surface area contributed by atoms with Gasteiger partial charge in [0, 0.05) is 31.4 Å². The molecule has 1 aliphatic heterocycles. The van der Waals surface area contributed by atoms with E-state index in [1.54, 1.807) is 0 Å². The van der Waals surface area contributed by atoms with Gasteiger partial charge in [0.25, 0.3) is 0 Å². The van der Waals surface area contributed by atoms with Crippen molar-refractivity contribution in [3.63, 3.8) is 0 Å². The predicted octanol–water partition coefficient (Wildman–Crippen LogP) is 3.53. The van der Waals surface area contributed by atoms with Crippen LogP contribution in [-0.2, 0) is 0 Å². The molecule has 2 heterocycles. The van der Waals surface area contributed by atoms with Crippen LogP contribution in [0.2, 0.25) is 0 Å². The zero-order valence-corrected chi connectivity index (χ0v) is 13.5. The van der Waals surface area contributed by atoms with Crippen molar-refractivity contribution >= 4 is 5.69 Å². The molecule has 1 aliphatic carbocycles. The van der Waals surface area contributed by atoms with E-state index in [4.69, 9.17) is 0 Å². The number of pyridine rings is 1. The number of hydrogen-bond donors (Lipinski definition) is 1. The maximum atomic E-state index is 4.40. The highest BCUT2D eigenvalue weighted by atomic mass is 15.2. The van der Waals surface area contributed by atoms with Crippen LogP contribution in [0, 0.1) is 12.8 Å². The minimum absolute atomic E-state index is 0.605. The van der Waals surface area contributed by atoms with E-state index in [0.29, 0.717) is 12.1 Å². The number of nitrogens with one attached hydrogen (secondary N) is 1. The molecule has 0 bridgehead atoms. The summed E-state index contributed by atoms with van der Waals surface area (Å²) in [6.45, 7) is 6.70. The van der Waals surface area contributed by atoms with Gasteiger partial charge in [-0.05, 0) is 43.7 Å². The monoisotopic (exact) mass is 287 g/mol. The Morgan fingerprint density at radius 2 is 2.05 bits per heavy atom. The lowest BCUT2D eigenvalue weighted by Gasteiger charge is -2.45. The minimum Gasteiger partial charge on any atom is -0.364 e. The van der Waals surface area contributed by atoms with E-state index in [-0.39, 0.29) is 0 Å². The molecule has 21 heavy (non-hydrogen) atoms. The van der Waals surface area contributed by atoms with Gasteiger partial charge < -0.3 is 10.2 Å². The third kappa shape index (κ3) is 3.39. The minimum atomic E-state index is 0.605. The summed E-state index contributed by atoms with van der Waals surface area (Å²) >= 11 is 0. The van der Waals surface area contributed by atoms with Gasteiger partial charge in [-0.3, -0.25) is 4.98 Å². The van der Waals surface area contributed by atoms with Crippen molar-refractivity contribution in [2.45, 2.75) is 64.5 Å². The van der Waals surface area contributed by atoms with Gasteiger partial charge in [0.2, 0.25) is 0 Å². The van der Waals surface area contributed by atoms with Crippen LogP contribution in [-0.4, -0.2) is 30.2 Å². The SMILES string of the molecule is CCC1CNC(C2CCCCC2)CN1c1cncc(C)c1. The van der Waals surface area contributed by atoms with Crippen molar-refractivity contribution in [2.24, 2.45) is 5.92 Å². The van der Waals surface area contributed by atoms with Crippen LogP contribution < -0.4 is 10.2 Å². The Morgan fingerprint density at radius 1 is 1.24 bits per heavy atom. The highest BCUT2D eigenvalue weighted by molar-refractivity contribution is 5.48. The Hall–Kier alpha value is -1.09. The molecule has 0 amide bonds. The van der Waals surface area contributed by atoms with Gasteiger partial charge in [0.05, 0.1) is 11.9 Å². The molecule has 1 saturated carbocycles. The molecule has 1 N–H and O–H groups in total. The molecule has 2 atom stereocenters. The van der Waals surface area contributed by atoms with E-state index < -0.39 is 0 Å². The Morgan fingerprint density at radius 3 is 2.76 bits per heavy atom. The third-order valence-corrected chi connectivity index (χ3v) is 5.33. The molecule has 3 heteroatoms. The fourth-order valence-corrected chi connectivity index (χ4v) is 4.05. The highest BCUT2D eigenvalue weighted by Gasteiger charge is 2.32. The van der Waals surface area contributed by atoms with Crippen molar-refractivity contribution in [1.82, 2.24) is 10.3 Å². The van der Waals surface area contributed by atoms with Gasteiger partial charge >= 0.3 is 0 Å². The molecule has 0 aromatic carbocycles. The van der Waals surface area contributed by atoms with Crippen LogP contribution in [0.3, 0.4) is 0 Å². The summed E-state index contributed by atoms with van der Waals surface area (Å²) < 4.78 is 0. The summed E-state index contributed by atoms with van der Waals surface area (Å²) in [5, 5.41) is 3.84. The van der Waals surface area contributed by atoms with Gasteiger partial charge in [-0.1, -0.05) is 26.2 Å². The zero-order chi connectivity index (χ0) is 14.7. The molecule has 116 valence electrons. The Labute approximate surface area is 129 Å². The largest absolute Gasteiger partial charge is 0.364 e. The second-order valence-corrected chi connectivity index (χ2v) is 6.85. The number of aromatic nitrogens is 1. The van der Waals surface area contributed by atoms with E-state index in [1.807, 2.05) is 12.4 Å². The standard InChI is InChI=1S/C18H29N3/c1-3-16-12-20-18(15-7-5-4-6-8-15)13-21(16)17-9-14(2)10-19-11-17/h9-11,15-16,18,20H,3-8,12-13H2,1-2H3. The van der Waals surface area contributed by atoms with Gasteiger partial charge in [0.15, 0.2) is 0 Å². The molecule has 2 aliphatic rings. The first-order valence-electron chi connectivity index (χ1n) is 8.69. The van der Waals surface area contributed by atoms with E-state index >= 15 is 0 Å². The zero-order valence-electron chi connectivity index (χ0n) is 13.5. The number of anilines is 1. The Bertz CT molecular complexity index is 454. The molecule has 2 unspecified atom stereocenters. The molecule has 0 spiro atoms. The van der Waals surface area contributed by atoms with Gasteiger partial charge in [-0.25, -0.2) is 0 Å². The molecule has 1 saturated heterocycles. The van der Waals surface area contributed by atoms with Crippen LogP contribution in [0.25, 0.3) is 0 Å². The van der Waals surface area contributed by atoms with E-state index in [2.05, 4.69) is 35.1 Å². The van der Waals surface area contributed by atoms with Crippen LogP contribution in [0.1, 0.15) is 51.0 Å². The topological polar surface area (TPSA) is 28.2 Å². The lowest BCUT2D eigenvalue weighted by atomic mass is 9.82. The third-order valence-electron chi connectivity index (χ3n) is 5.33. The van der Waals surface area contributed by atoms with Gasteiger partial charge in [-0.15, -0.1) is 0 Å². The number of rotatable bonds is 3. The number of nitrogens with zero attached hydrogens (tertiary/aromatic N) is 2. The van der Waals surface area contributed by atoms with Crippen molar-refractivity contribution in [1.29, 1.82) is 0 Å². The molecule has 1 aromatic heterocycles. The quantitative estimate of drug-likeness (QED) is 0.922. The van der Waals surface area contributed by atoms with Crippen LogP contribution >= 0.6 is 0 Å². The fourth-order valence-electron chi connectivity index (χ4n) is 4.05. The fraction of sp³-hybridized carbons (Fsp3) is 0.722. The van der Waals surface area contributed by atoms with Crippen molar-refractivity contribution in [3.8, 4) is 0 Å². The van der Waals surface area contributed by atoms with E-state index in [1.165, 1.54) is 49.8 Å². The van der Waals surface area contributed by atoms with Crippen molar-refractivity contribution in [2.75, 3.05) is 18.0 Å². The van der Waals surface area contributed by atoms with Crippen molar-refractivity contribution in [3.05, 3.63) is 24.0 Å². The highest BCUT2D eigenvalue weighted by Crippen LogP contribution is 2.30. The van der Waals surface area contributed by atoms with Crippen LogP contribution in [0.4, 0.5) is 5.69 Å². The average Bonchev–Trinajstić information content (AvgIpc) is 2.55. The lowest BCUT2D eigenvalue weighted by Crippen LogP contribution is -2.59. The molecule has 1 aromatic rings. The van der Waals surface area contributed by atoms with E-state index in [0.717, 1.165) is 19.0 Å². The smallest absolute Gasteiger partial charge is 0.0558 e. The molecule has 2 fully saturated rings. The maximum Gasteiger partial charge on any atom is 0.0558 e. The molecule has 0 radical (unpaired) electrons. The average molecular weight is 287 g/mol.